The summed E-state index contributed by atoms with van der Waals surface area (Å²) in [6, 6.07) is 14.3. The van der Waals surface area contributed by atoms with E-state index in [1.54, 1.807) is 4.90 Å². The lowest BCUT2D eigenvalue weighted by molar-refractivity contribution is -0.126. The molecule has 0 bridgehead atoms. The highest BCUT2D eigenvalue weighted by Gasteiger charge is 2.32. The normalized spacial score (nSPS) is 19.5. The molecule has 3 aromatic rings. The number of alkyl halides is 1. The molecule has 0 spiro atoms. The summed E-state index contributed by atoms with van der Waals surface area (Å²) in [4.78, 5) is 31.3. The first-order chi connectivity index (χ1) is 20.4. The molecular formula is C33H41FN6O2. The Morgan fingerprint density at radius 1 is 1.05 bits per heavy atom. The van der Waals surface area contributed by atoms with Gasteiger partial charge in [-0.25, -0.2) is 4.39 Å². The Bertz CT molecular complexity index is 1460. The number of ether oxygens (including phenoxy) is 1. The number of hydrogen-bond donors (Lipinski definition) is 0. The number of benzene rings is 2. The molecule has 3 aliphatic heterocycles. The second-order valence-corrected chi connectivity index (χ2v) is 11.8. The fourth-order valence-corrected chi connectivity index (χ4v) is 6.57. The van der Waals surface area contributed by atoms with E-state index in [9.17, 15) is 9.18 Å². The number of aromatic nitrogens is 2. The smallest absolute Gasteiger partial charge is 0.318 e. The minimum absolute atomic E-state index is 0.141. The Morgan fingerprint density at radius 2 is 1.83 bits per heavy atom. The first-order valence-corrected chi connectivity index (χ1v) is 15.2. The van der Waals surface area contributed by atoms with E-state index in [2.05, 4.69) is 71.9 Å². The molecule has 4 heterocycles. The number of aryl methyl sites for hydroxylation is 1. The van der Waals surface area contributed by atoms with E-state index < -0.39 is 6.67 Å². The third-order valence-corrected chi connectivity index (χ3v) is 8.95. The molecule has 1 aromatic heterocycles. The number of nitrogens with zero attached hydrogens (tertiary/aromatic N) is 6. The standard InChI is InChI=1S/C33H41FN6O2/c1-23(2)40-16-12-26(40)22-42-33-35-28-21-39(29-10-5-9-25-8-4-7-24(3)31(25)29)15-13-27(28)32(36-33)38-19-17-37(18-20-38)30(41)11-6-14-34/h4-11,23,26H,12-22H2,1-3H3/b11-6+. The molecule has 1 unspecified atom stereocenters. The van der Waals surface area contributed by atoms with Gasteiger partial charge in [-0.3, -0.25) is 9.69 Å². The highest BCUT2D eigenvalue weighted by atomic mass is 19.1. The molecule has 2 fully saturated rings. The van der Waals surface area contributed by atoms with Gasteiger partial charge in [-0.05, 0) is 56.7 Å². The van der Waals surface area contributed by atoms with Gasteiger partial charge in [0.15, 0.2) is 0 Å². The van der Waals surface area contributed by atoms with Gasteiger partial charge in [0.05, 0.1) is 12.2 Å². The van der Waals surface area contributed by atoms with Crippen LogP contribution in [0.3, 0.4) is 0 Å². The summed E-state index contributed by atoms with van der Waals surface area (Å²) in [6.45, 7) is 11.7. The first-order valence-electron chi connectivity index (χ1n) is 15.2. The number of carbonyl (C=O) groups is 1. The number of fused-ring (bicyclic) bond motifs is 2. The molecule has 1 atom stereocenters. The van der Waals surface area contributed by atoms with Crippen molar-refractivity contribution in [1.29, 1.82) is 0 Å². The minimum Gasteiger partial charge on any atom is -0.462 e. The number of allylic oxidation sites excluding steroid dienone is 1. The summed E-state index contributed by atoms with van der Waals surface area (Å²) in [5.74, 6) is 0.779. The van der Waals surface area contributed by atoms with Crippen LogP contribution < -0.4 is 14.5 Å². The summed E-state index contributed by atoms with van der Waals surface area (Å²) in [7, 11) is 0. The lowest BCUT2D eigenvalue weighted by atomic mass is 9.99. The minimum atomic E-state index is -0.632. The predicted octanol–water partition coefficient (Wildman–Crippen LogP) is 4.54. The van der Waals surface area contributed by atoms with Crippen LogP contribution in [0.5, 0.6) is 6.01 Å². The van der Waals surface area contributed by atoms with Crippen LogP contribution in [0.15, 0.2) is 48.6 Å². The predicted molar refractivity (Wildman–Crippen MR) is 165 cm³/mol. The third-order valence-electron chi connectivity index (χ3n) is 8.95. The molecule has 2 saturated heterocycles. The average molecular weight is 573 g/mol. The number of carbonyl (C=O) groups excluding carboxylic acids is 1. The van der Waals surface area contributed by atoms with Crippen LogP contribution in [0.4, 0.5) is 15.9 Å². The monoisotopic (exact) mass is 572 g/mol. The van der Waals surface area contributed by atoms with Gasteiger partial charge in [0, 0.05) is 74.1 Å². The summed E-state index contributed by atoms with van der Waals surface area (Å²) in [6.07, 6.45) is 4.55. The van der Waals surface area contributed by atoms with Crippen molar-refractivity contribution in [2.24, 2.45) is 0 Å². The van der Waals surface area contributed by atoms with E-state index in [0.29, 0.717) is 57.4 Å². The number of anilines is 2. The van der Waals surface area contributed by atoms with Crippen molar-refractivity contribution in [2.75, 3.05) is 62.3 Å². The molecule has 0 saturated carbocycles. The Hall–Kier alpha value is -3.72. The number of amides is 1. The van der Waals surface area contributed by atoms with Gasteiger partial charge in [0.2, 0.25) is 5.91 Å². The Kier molecular flexibility index (Phi) is 8.29. The highest BCUT2D eigenvalue weighted by Crippen LogP contribution is 2.35. The van der Waals surface area contributed by atoms with E-state index in [1.807, 2.05) is 0 Å². The fraction of sp³-hybridized carbons (Fsp3) is 0.485. The lowest BCUT2D eigenvalue weighted by Crippen LogP contribution is -2.54. The Balaban J connectivity index is 1.28. The van der Waals surface area contributed by atoms with Crippen LogP contribution in [-0.4, -0.2) is 90.3 Å². The summed E-state index contributed by atoms with van der Waals surface area (Å²) < 4.78 is 18.8. The summed E-state index contributed by atoms with van der Waals surface area (Å²) in [5.41, 5.74) is 4.67. The molecule has 9 heteroatoms. The van der Waals surface area contributed by atoms with Gasteiger partial charge in [-0.1, -0.05) is 30.3 Å². The Morgan fingerprint density at radius 3 is 2.55 bits per heavy atom. The van der Waals surface area contributed by atoms with Gasteiger partial charge in [-0.2, -0.15) is 9.97 Å². The molecular weight excluding hydrogens is 531 g/mol. The average Bonchev–Trinajstić information content (AvgIpc) is 2.98. The maximum atomic E-state index is 12.5. The fourth-order valence-electron chi connectivity index (χ4n) is 6.57. The number of piperazine rings is 1. The van der Waals surface area contributed by atoms with Crippen molar-refractivity contribution >= 4 is 28.2 Å². The third kappa shape index (κ3) is 5.67. The zero-order valence-electron chi connectivity index (χ0n) is 24.9. The van der Waals surface area contributed by atoms with Crippen LogP contribution in [0.2, 0.25) is 0 Å². The Labute approximate surface area is 247 Å². The van der Waals surface area contributed by atoms with Gasteiger partial charge in [-0.15, -0.1) is 0 Å². The van der Waals surface area contributed by atoms with Crippen molar-refractivity contribution in [2.45, 2.75) is 52.2 Å². The largest absolute Gasteiger partial charge is 0.462 e. The van der Waals surface area contributed by atoms with Crippen LogP contribution in [0, 0.1) is 6.92 Å². The number of hydrogen-bond acceptors (Lipinski definition) is 7. The first kappa shape index (κ1) is 28.4. The summed E-state index contributed by atoms with van der Waals surface area (Å²) in [5, 5.41) is 2.53. The molecule has 0 N–H and O–H groups in total. The molecule has 42 heavy (non-hydrogen) atoms. The van der Waals surface area contributed by atoms with Gasteiger partial charge in [0.25, 0.3) is 0 Å². The molecule has 1 amide bonds. The van der Waals surface area contributed by atoms with Crippen molar-refractivity contribution in [3.05, 3.63) is 65.4 Å². The van der Waals surface area contributed by atoms with Crippen LogP contribution in [-0.2, 0) is 17.8 Å². The molecule has 2 aromatic carbocycles. The van der Waals surface area contributed by atoms with E-state index in [4.69, 9.17) is 14.7 Å². The van der Waals surface area contributed by atoms with E-state index >= 15 is 0 Å². The zero-order chi connectivity index (χ0) is 29.2. The molecule has 0 aliphatic carbocycles. The van der Waals surface area contributed by atoms with Crippen LogP contribution in [0.1, 0.15) is 37.1 Å². The van der Waals surface area contributed by atoms with Crippen molar-refractivity contribution in [1.82, 2.24) is 19.8 Å². The van der Waals surface area contributed by atoms with Crippen LogP contribution >= 0.6 is 0 Å². The van der Waals surface area contributed by atoms with Crippen molar-refractivity contribution in [3.8, 4) is 6.01 Å². The van der Waals surface area contributed by atoms with E-state index in [1.165, 1.54) is 39.7 Å². The van der Waals surface area contributed by atoms with E-state index in [0.717, 1.165) is 37.4 Å². The van der Waals surface area contributed by atoms with Gasteiger partial charge in [0.1, 0.15) is 19.1 Å². The highest BCUT2D eigenvalue weighted by molar-refractivity contribution is 5.97. The quantitative estimate of drug-likeness (QED) is 0.368. The second-order valence-electron chi connectivity index (χ2n) is 11.8. The second kappa shape index (κ2) is 12.3. The SMILES string of the molecule is Cc1cccc2cccc(N3CCc4c(nc(OCC5CCN5C(C)C)nc4N4CCN(C(=O)/C=C/CF)CC4)C3)c12. The molecule has 222 valence electrons. The summed E-state index contributed by atoms with van der Waals surface area (Å²) >= 11 is 0. The van der Waals surface area contributed by atoms with Crippen LogP contribution in [0.25, 0.3) is 10.8 Å². The number of rotatable bonds is 8. The number of halogens is 1. The lowest BCUT2D eigenvalue weighted by Gasteiger charge is -2.43. The van der Waals surface area contributed by atoms with Crippen molar-refractivity contribution < 1.29 is 13.9 Å². The molecule has 3 aliphatic rings. The topological polar surface area (TPSA) is 65.0 Å². The number of likely N-dealkylation sites (tertiary alicyclic amines) is 1. The van der Waals surface area contributed by atoms with Crippen molar-refractivity contribution in [3.63, 3.8) is 0 Å². The molecule has 8 nitrogen and oxygen atoms in total. The zero-order valence-corrected chi connectivity index (χ0v) is 24.9. The van der Waals surface area contributed by atoms with E-state index in [-0.39, 0.29) is 5.91 Å². The van der Waals surface area contributed by atoms with Gasteiger partial charge >= 0.3 is 6.01 Å². The maximum absolute atomic E-state index is 12.5. The molecule has 0 radical (unpaired) electrons. The van der Waals surface area contributed by atoms with Gasteiger partial charge < -0.3 is 19.4 Å². The molecule has 6 rings (SSSR count). The maximum Gasteiger partial charge on any atom is 0.318 e.